The molecule has 0 aliphatic rings. The molecule has 7 heteroatoms. The molecule has 1 aromatic rings. The number of nitrogens with zero attached hydrogens (tertiary/aromatic N) is 1. The second kappa shape index (κ2) is 6.23. The third kappa shape index (κ3) is 3.49. The van der Waals surface area contributed by atoms with Crippen LogP contribution in [-0.2, 0) is 19.6 Å². The zero-order valence-corrected chi connectivity index (χ0v) is 13.0. The van der Waals surface area contributed by atoms with Gasteiger partial charge in [-0.25, -0.2) is 8.42 Å². The van der Waals surface area contributed by atoms with Gasteiger partial charge in [0.25, 0.3) is 0 Å². The molecular weight excluding hydrogens is 280 g/mol. The number of rotatable bonds is 5. The topological polar surface area (TPSA) is 89.7 Å². The van der Waals surface area contributed by atoms with E-state index in [1.807, 2.05) is 6.92 Å². The lowest BCUT2D eigenvalue weighted by molar-refractivity contribution is -0.143. The molecule has 0 bridgehead atoms. The number of benzene rings is 1. The lowest BCUT2D eigenvalue weighted by Gasteiger charge is -2.17. The number of nitrogens with two attached hydrogens (primary N) is 1. The van der Waals surface area contributed by atoms with Crippen molar-refractivity contribution < 1.29 is 17.9 Å². The van der Waals surface area contributed by atoms with Crippen molar-refractivity contribution in [3.8, 4) is 0 Å². The highest BCUT2D eigenvalue weighted by Crippen LogP contribution is 2.23. The van der Waals surface area contributed by atoms with Gasteiger partial charge in [-0.05, 0) is 44.0 Å². The zero-order chi connectivity index (χ0) is 15.5. The fourth-order valence-corrected chi connectivity index (χ4v) is 2.89. The summed E-state index contributed by atoms with van der Waals surface area (Å²) in [5.41, 5.74) is 7.83. The molecule has 0 saturated heterocycles. The van der Waals surface area contributed by atoms with Crippen molar-refractivity contribution >= 4 is 21.7 Å². The molecule has 0 heterocycles. The zero-order valence-electron chi connectivity index (χ0n) is 12.1. The second-order valence-corrected chi connectivity index (χ2v) is 6.57. The minimum absolute atomic E-state index is 0.0740. The van der Waals surface area contributed by atoms with E-state index >= 15 is 0 Å². The van der Waals surface area contributed by atoms with Crippen LogP contribution < -0.4 is 5.73 Å². The minimum atomic E-state index is -3.76. The fraction of sp³-hybridized carbons (Fsp3) is 0.462. The van der Waals surface area contributed by atoms with Crippen molar-refractivity contribution in [2.75, 3.05) is 25.9 Å². The third-order valence-corrected chi connectivity index (χ3v) is 4.83. The molecule has 20 heavy (non-hydrogen) atoms. The summed E-state index contributed by atoms with van der Waals surface area (Å²) in [4.78, 5) is 11.4. The maximum Gasteiger partial charge on any atom is 0.321 e. The van der Waals surface area contributed by atoms with Gasteiger partial charge < -0.3 is 10.5 Å². The van der Waals surface area contributed by atoms with Gasteiger partial charge in [-0.1, -0.05) is 0 Å². The van der Waals surface area contributed by atoms with Crippen LogP contribution in [0.2, 0.25) is 0 Å². The van der Waals surface area contributed by atoms with Gasteiger partial charge in [-0.2, -0.15) is 4.31 Å². The molecule has 0 radical (unpaired) electrons. The van der Waals surface area contributed by atoms with Crippen LogP contribution in [0.1, 0.15) is 18.1 Å². The lowest BCUT2D eigenvalue weighted by atomic mass is 10.1. The average Bonchev–Trinajstić information content (AvgIpc) is 2.35. The second-order valence-electron chi connectivity index (χ2n) is 4.52. The van der Waals surface area contributed by atoms with Crippen LogP contribution in [0.15, 0.2) is 17.0 Å². The molecule has 0 aliphatic heterocycles. The summed E-state index contributed by atoms with van der Waals surface area (Å²) in [5, 5.41) is 0. The number of esters is 1. The van der Waals surface area contributed by atoms with Crippen molar-refractivity contribution in [1.29, 1.82) is 0 Å². The molecule has 0 aromatic heterocycles. The number of hydrogen-bond acceptors (Lipinski definition) is 5. The standard InChI is InChI=1S/C13H20N2O4S/c1-5-19-13(16)8-15(4)20(17,18)11-6-9(2)10(3)12(14)7-11/h6-7H,5,8,14H2,1-4H3. The van der Waals surface area contributed by atoms with Gasteiger partial charge in [0, 0.05) is 12.7 Å². The Morgan fingerprint density at radius 2 is 1.95 bits per heavy atom. The van der Waals surface area contributed by atoms with Gasteiger partial charge in [0.2, 0.25) is 10.0 Å². The predicted molar refractivity (Wildman–Crippen MR) is 76.8 cm³/mol. The van der Waals surface area contributed by atoms with E-state index in [0.29, 0.717) is 5.69 Å². The smallest absolute Gasteiger partial charge is 0.321 e. The first-order valence-electron chi connectivity index (χ1n) is 6.18. The summed E-state index contributed by atoms with van der Waals surface area (Å²) in [7, 11) is -2.43. The molecular formula is C13H20N2O4S. The van der Waals surface area contributed by atoms with Crippen molar-refractivity contribution in [2.45, 2.75) is 25.7 Å². The highest BCUT2D eigenvalue weighted by molar-refractivity contribution is 7.89. The van der Waals surface area contributed by atoms with Crippen LogP contribution in [0, 0.1) is 13.8 Å². The number of sulfonamides is 1. The number of anilines is 1. The number of nitrogen functional groups attached to an aromatic ring is 1. The maximum atomic E-state index is 12.4. The van der Waals surface area contributed by atoms with Gasteiger partial charge in [0.15, 0.2) is 0 Å². The van der Waals surface area contributed by atoms with E-state index in [0.717, 1.165) is 15.4 Å². The summed E-state index contributed by atoms with van der Waals surface area (Å²) in [6.07, 6.45) is 0. The summed E-state index contributed by atoms with van der Waals surface area (Å²) in [6.45, 7) is 5.15. The van der Waals surface area contributed by atoms with Crippen LogP contribution in [0.5, 0.6) is 0 Å². The number of hydrogen-bond donors (Lipinski definition) is 1. The largest absolute Gasteiger partial charge is 0.465 e. The van der Waals surface area contributed by atoms with Gasteiger partial charge in [-0.15, -0.1) is 0 Å². The molecule has 0 spiro atoms. The van der Waals surface area contributed by atoms with E-state index in [1.165, 1.54) is 13.1 Å². The van der Waals surface area contributed by atoms with Crippen molar-refractivity contribution in [3.05, 3.63) is 23.3 Å². The van der Waals surface area contributed by atoms with Crippen molar-refractivity contribution in [3.63, 3.8) is 0 Å². The Bertz CT molecular complexity index is 588. The third-order valence-electron chi connectivity index (χ3n) is 3.05. The highest BCUT2D eigenvalue weighted by atomic mass is 32.2. The van der Waals surface area contributed by atoms with Gasteiger partial charge in [-0.3, -0.25) is 4.79 Å². The Hall–Kier alpha value is -1.60. The first kappa shape index (κ1) is 16.5. The molecule has 1 rings (SSSR count). The number of aryl methyl sites for hydroxylation is 1. The molecule has 1 aromatic carbocycles. The highest BCUT2D eigenvalue weighted by Gasteiger charge is 2.24. The molecule has 2 N–H and O–H groups in total. The van der Waals surface area contributed by atoms with E-state index in [9.17, 15) is 13.2 Å². The van der Waals surface area contributed by atoms with Crippen LogP contribution in [0.4, 0.5) is 5.69 Å². The van der Waals surface area contributed by atoms with E-state index in [-0.39, 0.29) is 18.0 Å². The average molecular weight is 300 g/mol. The van der Waals surface area contributed by atoms with Gasteiger partial charge in [0.1, 0.15) is 6.54 Å². The summed E-state index contributed by atoms with van der Waals surface area (Å²) in [5.74, 6) is -0.588. The molecule has 112 valence electrons. The van der Waals surface area contributed by atoms with Gasteiger partial charge in [0.05, 0.1) is 11.5 Å². The van der Waals surface area contributed by atoms with Gasteiger partial charge >= 0.3 is 5.97 Å². The maximum absolute atomic E-state index is 12.4. The summed E-state index contributed by atoms with van der Waals surface area (Å²) in [6, 6.07) is 2.95. The fourth-order valence-electron chi connectivity index (χ4n) is 1.65. The quantitative estimate of drug-likeness (QED) is 0.649. The first-order valence-corrected chi connectivity index (χ1v) is 7.62. The Labute approximate surface area is 119 Å². The summed E-state index contributed by atoms with van der Waals surface area (Å²) < 4.78 is 30.4. The Morgan fingerprint density at radius 3 is 2.45 bits per heavy atom. The lowest BCUT2D eigenvalue weighted by Crippen LogP contribution is -2.33. The molecule has 0 unspecified atom stereocenters. The van der Waals surface area contributed by atoms with Crippen LogP contribution in [0.3, 0.4) is 0 Å². The van der Waals surface area contributed by atoms with E-state index in [2.05, 4.69) is 0 Å². The van der Waals surface area contributed by atoms with Crippen LogP contribution >= 0.6 is 0 Å². The first-order chi connectivity index (χ1) is 9.20. The van der Waals surface area contributed by atoms with E-state index in [4.69, 9.17) is 10.5 Å². The molecule has 0 atom stereocenters. The summed E-state index contributed by atoms with van der Waals surface area (Å²) >= 11 is 0. The van der Waals surface area contributed by atoms with Crippen LogP contribution in [-0.4, -0.2) is 38.9 Å². The van der Waals surface area contributed by atoms with E-state index < -0.39 is 16.0 Å². The van der Waals surface area contributed by atoms with Crippen molar-refractivity contribution in [2.24, 2.45) is 0 Å². The number of ether oxygens (including phenoxy) is 1. The molecule has 0 aliphatic carbocycles. The Morgan fingerprint density at radius 1 is 1.35 bits per heavy atom. The monoisotopic (exact) mass is 300 g/mol. The number of carbonyl (C=O) groups is 1. The van der Waals surface area contributed by atoms with E-state index in [1.54, 1.807) is 19.9 Å². The van der Waals surface area contributed by atoms with Crippen molar-refractivity contribution in [1.82, 2.24) is 4.31 Å². The minimum Gasteiger partial charge on any atom is -0.465 e. The number of likely N-dealkylation sites (N-methyl/N-ethyl adjacent to an activating group) is 1. The molecule has 0 fully saturated rings. The normalized spacial score (nSPS) is 11.7. The molecule has 0 saturated carbocycles. The Balaban J connectivity index is 3.07. The molecule has 6 nitrogen and oxygen atoms in total. The van der Waals surface area contributed by atoms with Crippen LogP contribution in [0.25, 0.3) is 0 Å². The predicted octanol–water partition coefficient (Wildman–Crippen LogP) is 1.07. The molecule has 0 amide bonds. The number of carbonyl (C=O) groups excluding carboxylic acids is 1. The Kier molecular flexibility index (Phi) is 5.13. The SMILES string of the molecule is CCOC(=O)CN(C)S(=O)(=O)c1cc(C)c(C)c(N)c1.